The average molecular weight is 446 g/mol. The quantitative estimate of drug-likeness (QED) is 0.378. The lowest BCUT2D eigenvalue weighted by molar-refractivity contribution is 0.772. The summed E-state index contributed by atoms with van der Waals surface area (Å²) >= 11 is 6.42. The highest BCUT2D eigenvalue weighted by molar-refractivity contribution is 6.35. The zero-order valence-electron chi connectivity index (χ0n) is 17.4. The molecule has 0 saturated heterocycles. The Labute approximate surface area is 188 Å². The van der Waals surface area contributed by atoms with Crippen LogP contribution in [0, 0.1) is 6.92 Å². The predicted molar refractivity (Wildman–Crippen MR) is 127 cm³/mol. The maximum atomic E-state index is 13.7. The number of nitrogens with one attached hydrogen (secondary N) is 2. The van der Waals surface area contributed by atoms with Gasteiger partial charge in [-0.3, -0.25) is 9.36 Å². The van der Waals surface area contributed by atoms with Gasteiger partial charge in [-0.15, -0.1) is 0 Å². The summed E-state index contributed by atoms with van der Waals surface area (Å²) in [5, 5.41) is 5.04. The first-order chi connectivity index (χ1) is 15.4. The van der Waals surface area contributed by atoms with Gasteiger partial charge in [0.2, 0.25) is 5.95 Å². The molecule has 0 aliphatic heterocycles. The van der Waals surface area contributed by atoms with Crippen molar-refractivity contribution in [3.63, 3.8) is 0 Å². The van der Waals surface area contributed by atoms with E-state index in [-0.39, 0.29) is 17.5 Å². The minimum Gasteiger partial charge on any atom is -0.368 e. The number of fused-ring (bicyclic) bond motifs is 2. The number of halogens is 1. The first-order valence-corrected chi connectivity index (χ1v) is 10.4. The molecule has 3 heterocycles. The normalized spacial score (nSPS) is 12.3. The second kappa shape index (κ2) is 7.65. The number of imidazole rings is 1. The monoisotopic (exact) mass is 445 g/mol. The van der Waals surface area contributed by atoms with E-state index in [2.05, 4.69) is 25.3 Å². The summed E-state index contributed by atoms with van der Waals surface area (Å²) in [5.74, 6) is 0.619. The van der Waals surface area contributed by atoms with E-state index in [9.17, 15) is 4.79 Å². The second-order valence-corrected chi connectivity index (χ2v) is 8.01. The summed E-state index contributed by atoms with van der Waals surface area (Å²) in [5.41, 5.74) is 9.30. The molecule has 9 heteroatoms. The molecule has 0 amide bonds. The molecule has 0 aliphatic rings. The Kier molecular flexibility index (Phi) is 4.79. The van der Waals surface area contributed by atoms with Crippen LogP contribution in [0.1, 0.15) is 24.2 Å². The number of aromatic nitrogens is 5. The fourth-order valence-corrected chi connectivity index (χ4v) is 4.22. The van der Waals surface area contributed by atoms with E-state index < -0.39 is 0 Å². The Morgan fingerprint density at radius 3 is 2.78 bits per heavy atom. The van der Waals surface area contributed by atoms with Crippen molar-refractivity contribution in [2.45, 2.75) is 19.9 Å². The first-order valence-electron chi connectivity index (χ1n) is 10.1. The number of rotatable bonds is 4. The van der Waals surface area contributed by atoms with E-state index >= 15 is 0 Å². The molecular formula is C23H20ClN7O. The van der Waals surface area contributed by atoms with Crippen molar-refractivity contribution in [1.82, 2.24) is 24.5 Å². The average Bonchev–Trinajstić information content (AvgIpc) is 3.23. The van der Waals surface area contributed by atoms with Crippen molar-refractivity contribution >= 4 is 45.3 Å². The number of anilines is 2. The number of benzene rings is 2. The van der Waals surface area contributed by atoms with Crippen LogP contribution in [-0.2, 0) is 0 Å². The van der Waals surface area contributed by atoms with Gasteiger partial charge in [0.05, 0.1) is 28.5 Å². The third kappa shape index (κ3) is 3.25. The molecule has 0 spiro atoms. The minimum atomic E-state index is -0.313. The summed E-state index contributed by atoms with van der Waals surface area (Å²) in [6, 6.07) is 14.9. The molecule has 8 nitrogen and oxygen atoms in total. The fourth-order valence-electron chi connectivity index (χ4n) is 3.95. The molecule has 5 aromatic rings. The lowest BCUT2D eigenvalue weighted by Crippen LogP contribution is -2.26. The largest absolute Gasteiger partial charge is 0.368 e. The van der Waals surface area contributed by atoms with E-state index in [1.807, 2.05) is 56.3 Å². The fraction of sp³-hybridized carbons (Fsp3) is 0.130. The van der Waals surface area contributed by atoms with Crippen molar-refractivity contribution in [1.29, 1.82) is 0 Å². The van der Waals surface area contributed by atoms with E-state index in [4.69, 9.17) is 17.3 Å². The van der Waals surface area contributed by atoms with Crippen molar-refractivity contribution in [2.24, 2.45) is 0 Å². The Morgan fingerprint density at radius 1 is 1.16 bits per heavy atom. The Bertz CT molecular complexity index is 1540. The van der Waals surface area contributed by atoms with Gasteiger partial charge < -0.3 is 16.0 Å². The van der Waals surface area contributed by atoms with Crippen LogP contribution in [0.15, 0.2) is 59.7 Å². The van der Waals surface area contributed by atoms with Gasteiger partial charge in [-0.2, -0.15) is 9.97 Å². The molecule has 0 radical (unpaired) electrons. The molecular weight excluding hydrogens is 426 g/mol. The Balaban J connectivity index is 1.74. The summed E-state index contributed by atoms with van der Waals surface area (Å²) in [6.45, 7) is 3.93. The maximum Gasteiger partial charge on any atom is 0.264 e. The standard InChI is InChI=1S/C23H20ClN7O/c1-12-6-3-4-9-16(12)31-17(10-14-7-5-8-15(24)18(14)22(31)32)13(2)28-21-19-20(27-11-26-19)29-23(25)30-21/h3-11,13H,1-2H3,(H4,25,26,27,28,29,30). The van der Waals surface area contributed by atoms with Crippen LogP contribution in [0.4, 0.5) is 11.8 Å². The molecule has 1 unspecified atom stereocenters. The number of hydrogen-bond acceptors (Lipinski definition) is 6. The third-order valence-corrected chi connectivity index (χ3v) is 5.80. The molecule has 2 aromatic carbocycles. The van der Waals surface area contributed by atoms with Crippen LogP contribution in [0.5, 0.6) is 0 Å². The second-order valence-electron chi connectivity index (χ2n) is 7.60. The van der Waals surface area contributed by atoms with Gasteiger partial charge in [-0.1, -0.05) is 41.9 Å². The van der Waals surface area contributed by atoms with Crippen molar-refractivity contribution in [3.8, 4) is 5.69 Å². The molecule has 0 aliphatic carbocycles. The Morgan fingerprint density at radius 2 is 1.97 bits per heavy atom. The first kappa shape index (κ1) is 20.0. The van der Waals surface area contributed by atoms with Gasteiger partial charge in [0.25, 0.3) is 5.56 Å². The molecule has 5 rings (SSSR count). The molecule has 3 aromatic heterocycles. The Hall–Kier alpha value is -3.91. The predicted octanol–water partition coefficient (Wildman–Crippen LogP) is 4.37. The van der Waals surface area contributed by atoms with Gasteiger partial charge in [0.1, 0.15) is 5.52 Å². The highest BCUT2D eigenvalue weighted by Gasteiger charge is 2.20. The zero-order chi connectivity index (χ0) is 22.4. The van der Waals surface area contributed by atoms with Crippen LogP contribution >= 0.6 is 11.6 Å². The van der Waals surface area contributed by atoms with Crippen LogP contribution < -0.4 is 16.6 Å². The van der Waals surface area contributed by atoms with E-state index in [1.165, 1.54) is 6.33 Å². The van der Waals surface area contributed by atoms with Crippen molar-refractivity contribution in [3.05, 3.63) is 81.5 Å². The summed E-state index contributed by atoms with van der Waals surface area (Å²) in [7, 11) is 0. The lowest BCUT2D eigenvalue weighted by atomic mass is 10.1. The molecule has 0 bridgehead atoms. The highest BCUT2D eigenvalue weighted by atomic mass is 35.5. The number of nitrogens with zero attached hydrogens (tertiary/aromatic N) is 4. The van der Waals surface area contributed by atoms with Crippen molar-refractivity contribution < 1.29 is 0 Å². The van der Waals surface area contributed by atoms with E-state index in [0.717, 1.165) is 22.3 Å². The summed E-state index contributed by atoms with van der Waals surface area (Å²) in [4.78, 5) is 29.4. The zero-order valence-corrected chi connectivity index (χ0v) is 18.2. The smallest absolute Gasteiger partial charge is 0.264 e. The van der Waals surface area contributed by atoms with Crippen LogP contribution in [0.25, 0.3) is 27.6 Å². The van der Waals surface area contributed by atoms with Gasteiger partial charge in [-0.05, 0) is 43.0 Å². The molecule has 32 heavy (non-hydrogen) atoms. The molecule has 160 valence electrons. The number of pyridine rings is 1. The van der Waals surface area contributed by atoms with Crippen LogP contribution in [-0.4, -0.2) is 24.5 Å². The number of aryl methyl sites for hydroxylation is 1. The van der Waals surface area contributed by atoms with Crippen molar-refractivity contribution in [2.75, 3.05) is 11.1 Å². The van der Waals surface area contributed by atoms with Crippen LogP contribution in [0.3, 0.4) is 0 Å². The topological polar surface area (TPSA) is 115 Å². The molecule has 0 fully saturated rings. The molecule has 1 atom stereocenters. The highest BCUT2D eigenvalue weighted by Crippen LogP contribution is 2.29. The van der Waals surface area contributed by atoms with Gasteiger partial charge in [-0.25, -0.2) is 4.98 Å². The third-order valence-electron chi connectivity index (χ3n) is 5.48. The van der Waals surface area contributed by atoms with Crippen LogP contribution in [0.2, 0.25) is 5.02 Å². The molecule has 0 saturated carbocycles. The van der Waals surface area contributed by atoms with Gasteiger partial charge in [0.15, 0.2) is 11.5 Å². The SMILES string of the molecule is Cc1ccccc1-n1c(C(C)Nc2nc(N)nc3nc[nH]c23)cc2cccc(Cl)c2c1=O. The summed E-state index contributed by atoms with van der Waals surface area (Å²) < 4.78 is 1.70. The number of nitrogens with two attached hydrogens (primary N) is 1. The minimum absolute atomic E-state index is 0.112. The number of aromatic amines is 1. The maximum absolute atomic E-state index is 13.7. The van der Waals surface area contributed by atoms with Gasteiger partial charge >= 0.3 is 0 Å². The van der Waals surface area contributed by atoms with E-state index in [1.54, 1.807) is 10.6 Å². The number of H-pyrrole nitrogens is 1. The summed E-state index contributed by atoms with van der Waals surface area (Å²) in [6.07, 6.45) is 1.54. The van der Waals surface area contributed by atoms with Gasteiger partial charge in [0, 0.05) is 5.69 Å². The van der Waals surface area contributed by atoms with E-state index in [0.29, 0.717) is 27.4 Å². The lowest BCUT2D eigenvalue weighted by Gasteiger charge is -2.22. The number of nitrogen functional groups attached to an aromatic ring is 1. The molecule has 4 N–H and O–H groups in total. The number of para-hydroxylation sites is 1. The number of hydrogen-bond donors (Lipinski definition) is 3.